The number of carbonyl (C=O) groups is 4. The van der Waals surface area contributed by atoms with Gasteiger partial charge in [0.25, 0.3) is 0 Å². The van der Waals surface area contributed by atoms with E-state index >= 15 is 0 Å². The summed E-state index contributed by atoms with van der Waals surface area (Å²) in [6.45, 7) is -0.901. The minimum atomic E-state index is -3.60. The summed E-state index contributed by atoms with van der Waals surface area (Å²) in [5, 5.41) is 5.13. The van der Waals surface area contributed by atoms with Crippen LogP contribution in [-0.2, 0) is 58.7 Å². The summed E-state index contributed by atoms with van der Waals surface area (Å²) >= 11 is 0. The first kappa shape index (κ1) is 39.6. The lowest BCUT2D eigenvalue weighted by Crippen LogP contribution is -2.50. The third-order valence-electron chi connectivity index (χ3n) is 7.80. The first-order valence-corrected chi connectivity index (χ1v) is 17.8. The molecule has 4 aromatic carbocycles. The number of rotatable bonds is 20. The van der Waals surface area contributed by atoms with Gasteiger partial charge in [0, 0.05) is 13.1 Å². The Kier molecular flexibility index (Phi) is 16.2. The van der Waals surface area contributed by atoms with Gasteiger partial charge >= 0.3 is 20.4 Å². The molecular formula is C38H43N4O9P. The van der Waals surface area contributed by atoms with Crippen LogP contribution in [0.2, 0.25) is 0 Å². The molecule has 13 nitrogen and oxygen atoms in total. The van der Waals surface area contributed by atoms with Crippen molar-refractivity contribution in [1.29, 1.82) is 0 Å². The molecule has 0 bridgehead atoms. The molecule has 0 aliphatic heterocycles. The Morgan fingerprint density at radius 1 is 0.519 bits per heavy atom. The highest BCUT2D eigenvalue weighted by Crippen LogP contribution is 2.29. The summed E-state index contributed by atoms with van der Waals surface area (Å²) in [4.78, 5) is 52.9. The number of hydrogen-bond acceptors (Lipinski definition) is 11. The first-order valence-electron chi connectivity index (χ1n) is 16.6. The van der Waals surface area contributed by atoms with E-state index in [4.69, 9.17) is 30.0 Å². The normalized spacial score (nSPS) is 13.3. The molecule has 2 amide bonds. The number of Topliss-reactive ketones (excluding diaryl/α,β-unsaturated/α-hetero) is 2. The SMILES string of the molecule is NC[C@@H](O[PH](=O)O[C@H](CN)C(=O)[C@H](Cc1ccccc1)NC(=O)OCc1ccccc1)C(=O)[C@H](Cc1ccccc1)NC(=O)OCc1ccccc1. The summed E-state index contributed by atoms with van der Waals surface area (Å²) in [7, 11) is -3.60. The van der Waals surface area contributed by atoms with Gasteiger partial charge in [-0.05, 0) is 35.1 Å². The number of ketones is 2. The molecule has 14 heteroatoms. The van der Waals surface area contributed by atoms with E-state index in [0.717, 1.165) is 22.3 Å². The summed E-state index contributed by atoms with van der Waals surface area (Å²) in [6, 6.07) is 33.5. The molecule has 6 N–H and O–H groups in total. The van der Waals surface area contributed by atoms with E-state index in [9.17, 15) is 23.7 Å². The van der Waals surface area contributed by atoms with Crippen molar-refractivity contribution in [2.45, 2.75) is 50.3 Å². The highest BCUT2D eigenvalue weighted by Gasteiger charge is 2.34. The molecule has 0 radical (unpaired) electrons. The second-order valence-corrected chi connectivity index (χ2v) is 12.6. The van der Waals surface area contributed by atoms with E-state index in [0.29, 0.717) is 0 Å². The topological polar surface area (TPSA) is 198 Å². The molecule has 0 heterocycles. The van der Waals surface area contributed by atoms with E-state index in [1.807, 2.05) is 12.1 Å². The van der Waals surface area contributed by atoms with Gasteiger partial charge in [0.2, 0.25) is 0 Å². The molecule has 0 saturated heterocycles. The van der Waals surface area contributed by atoms with Crippen LogP contribution in [0.4, 0.5) is 9.59 Å². The van der Waals surface area contributed by atoms with Crippen LogP contribution >= 0.6 is 8.25 Å². The van der Waals surface area contributed by atoms with Gasteiger partial charge < -0.3 is 31.6 Å². The van der Waals surface area contributed by atoms with Crippen molar-refractivity contribution in [3.05, 3.63) is 144 Å². The standard InChI is InChI=1S/C38H43N4O9P/c39-23-33(35(43)31(21-27-13-5-1-6-14-27)41-37(45)48-25-29-17-9-3-10-18-29)50-52(47)51-34(24-40)36(44)32(22-28-15-7-2-8-16-28)42-38(46)49-26-30-19-11-4-12-20-30/h1-20,31-34,52H,21-26,39-40H2,(H,41,45)(H,42,46)/t31-,32-,33+,34+/m0/s1. The fourth-order valence-electron chi connectivity index (χ4n) is 5.11. The fraction of sp³-hybridized carbons (Fsp3) is 0.263. The fourth-order valence-corrected chi connectivity index (χ4v) is 6.06. The predicted octanol–water partition coefficient (Wildman–Crippen LogP) is 4.28. The number of amides is 2. The Balaban J connectivity index is 1.41. The van der Waals surface area contributed by atoms with Crippen molar-refractivity contribution in [1.82, 2.24) is 10.6 Å². The van der Waals surface area contributed by atoms with Crippen LogP contribution in [0.25, 0.3) is 0 Å². The van der Waals surface area contributed by atoms with Gasteiger partial charge in [-0.3, -0.25) is 23.2 Å². The zero-order valence-corrected chi connectivity index (χ0v) is 29.4. The van der Waals surface area contributed by atoms with Crippen molar-refractivity contribution in [3.8, 4) is 0 Å². The molecule has 4 rings (SSSR count). The number of carbonyl (C=O) groups excluding carboxylic acids is 4. The van der Waals surface area contributed by atoms with Crippen LogP contribution in [-0.4, -0.2) is 61.1 Å². The summed E-state index contributed by atoms with van der Waals surface area (Å²) < 4.78 is 34.8. The Morgan fingerprint density at radius 3 is 1.13 bits per heavy atom. The number of nitrogens with one attached hydrogen (secondary N) is 2. The molecule has 4 atom stereocenters. The van der Waals surface area contributed by atoms with Crippen molar-refractivity contribution in [2.75, 3.05) is 13.1 Å². The van der Waals surface area contributed by atoms with E-state index in [2.05, 4.69) is 10.6 Å². The Morgan fingerprint density at radius 2 is 0.827 bits per heavy atom. The van der Waals surface area contributed by atoms with Crippen molar-refractivity contribution < 1.29 is 42.3 Å². The largest absolute Gasteiger partial charge is 0.445 e. The van der Waals surface area contributed by atoms with Gasteiger partial charge in [-0.15, -0.1) is 0 Å². The van der Waals surface area contributed by atoms with Gasteiger partial charge in [0.15, 0.2) is 11.6 Å². The summed E-state index contributed by atoms with van der Waals surface area (Å²) in [5.74, 6) is -1.38. The minimum absolute atomic E-state index is 0.0311. The van der Waals surface area contributed by atoms with Gasteiger partial charge in [0.05, 0.1) is 12.1 Å². The Labute approximate surface area is 302 Å². The molecule has 4 aromatic rings. The highest BCUT2D eigenvalue weighted by atomic mass is 31.1. The quantitative estimate of drug-likeness (QED) is 0.0947. The zero-order valence-electron chi connectivity index (χ0n) is 28.4. The Hall–Kier alpha value is -5.17. The second kappa shape index (κ2) is 21.3. The average Bonchev–Trinajstić information content (AvgIpc) is 3.18. The van der Waals surface area contributed by atoms with Crippen LogP contribution < -0.4 is 22.1 Å². The molecule has 0 aromatic heterocycles. The molecule has 0 aliphatic carbocycles. The molecule has 0 spiro atoms. The van der Waals surface area contributed by atoms with Crippen LogP contribution in [0.5, 0.6) is 0 Å². The van der Waals surface area contributed by atoms with Gasteiger partial charge in [0.1, 0.15) is 25.4 Å². The Bertz CT molecular complexity index is 1610. The molecule has 0 saturated carbocycles. The second-order valence-electron chi connectivity index (χ2n) is 11.6. The average molecular weight is 731 g/mol. The molecular weight excluding hydrogens is 687 g/mol. The van der Waals surface area contributed by atoms with Crippen molar-refractivity contribution >= 4 is 32.0 Å². The lowest BCUT2D eigenvalue weighted by Gasteiger charge is -2.25. The lowest BCUT2D eigenvalue weighted by molar-refractivity contribution is -0.129. The number of hydrogen-bond donors (Lipinski definition) is 4. The van der Waals surface area contributed by atoms with E-state index < -0.39 is 69.4 Å². The van der Waals surface area contributed by atoms with Gasteiger partial charge in [-0.2, -0.15) is 0 Å². The van der Waals surface area contributed by atoms with E-state index in [-0.39, 0.29) is 26.1 Å². The molecule has 0 unspecified atom stereocenters. The maximum absolute atomic E-state index is 13.7. The van der Waals surface area contributed by atoms with Crippen LogP contribution in [0.1, 0.15) is 22.3 Å². The van der Waals surface area contributed by atoms with Gasteiger partial charge in [-0.1, -0.05) is 121 Å². The molecule has 0 fully saturated rings. The third-order valence-corrected chi connectivity index (χ3v) is 8.76. The van der Waals surface area contributed by atoms with E-state index in [1.54, 1.807) is 109 Å². The van der Waals surface area contributed by atoms with E-state index in [1.165, 1.54) is 0 Å². The minimum Gasteiger partial charge on any atom is -0.445 e. The van der Waals surface area contributed by atoms with Crippen LogP contribution in [0.3, 0.4) is 0 Å². The monoisotopic (exact) mass is 730 g/mol. The first-order chi connectivity index (χ1) is 25.2. The number of nitrogens with two attached hydrogens (primary N) is 2. The van der Waals surface area contributed by atoms with Gasteiger partial charge in [-0.25, -0.2) is 9.59 Å². The number of benzene rings is 4. The number of alkyl carbamates (subject to hydrolysis) is 2. The third kappa shape index (κ3) is 13.2. The lowest BCUT2D eigenvalue weighted by atomic mass is 9.99. The number of ether oxygens (including phenoxy) is 2. The maximum atomic E-state index is 13.7. The predicted molar refractivity (Wildman–Crippen MR) is 194 cm³/mol. The maximum Gasteiger partial charge on any atom is 0.408 e. The zero-order chi connectivity index (χ0) is 37.1. The van der Waals surface area contributed by atoms with Crippen molar-refractivity contribution in [3.63, 3.8) is 0 Å². The summed E-state index contributed by atoms with van der Waals surface area (Å²) in [5.41, 5.74) is 14.7. The molecule has 274 valence electrons. The molecule has 52 heavy (non-hydrogen) atoms. The van der Waals surface area contributed by atoms with Crippen molar-refractivity contribution in [2.24, 2.45) is 11.5 Å². The highest BCUT2D eigenvalue weighted by molar-refractivity contribution is 7.33. The van der Waals surface area contributed by atoms with Crippen LogP contribution in [0, 0.1) is 0 Å². The molecule has 0 aliphatic rings. The van der Waals surface area contributed by atoms with Crippen LogP contribution in [0.15, 0.2) is 121 Å². The smallest absolute Gasteiger partial charge is 0.408 e. The summed E-state index contributed by atoms with van der Waals surface area (Å²) in [6.07, 6.45) is -4.59.